The summed E-state index contributed by atoms with van der Waals surface area (Å²) in [6.45, 7) is 1.96. The zero-order chi connectivity index (χ0) is 11.5. The molecule has 0 aliphatic carbocycles. The van der Waals surface area contributed by atoms with Crippen molar-refractivity contribution in [1.82, 2.24) is 9.97 Å². The number of hydrogen-bond donors (Lipinski definition) is 1. The van der Waals surface area contributed by atoms with E-state index in [1.807, 2.05) is 19.1 Å². The molecule has 1 aromatic heterocycles. The third-order valence-corrected chi connectivity index (χ3v) is 2.71. The first-order valence-electron chi connectivity index (χ1n) is 4.67. The summed E-state index contributed by atoms with van der Waals surface area (Å²) in [4.78, 5) is 8.02. The molecular formula is C11H9Cl2N3. The molecule has 0 saturated carbocycles. The fourth-order valence-corrected chi connectivity index (χ4v) is 1.73. The van der Waals surface area contributed by atoms with E-state index in [9.17, 15) is 0 Å². The first kappa shape index (κ1) is 11.2. The molecule has 1 aromatic carbocycles. The van der Waals surface area contributed by atoms with Crippen LogP contribution in [-0.2, 0) is 0 Å². The molecule has 0 fully saturated rings. The number of hydrogen-bond acceptors (Lipinski definition) is 3. The third-order valence-electron chi connectivity index (χ3n) is 2.12. The standard InChI is InChI=1S/C11H9Cl2N3/c1-7-3-2-4-8(12)9(7)16-11-10(13)14-5-6-15-11/h2-6H,1H3,(H,15,16). The van der Waals surface area contributed by atoms with Gasteiger partial charge in [0, 0.05) is 12.4 Å². The van der Waals surface area contributed by atoms with Crippen LogP contribution in [0.2, 0.25) is 10.2 Å². The molecule has 0 bridgehead atoms. The number of benzene rings is 1. The molecule has 0 spiro atoms. The lowest BCUT2D eigenvalue weighted by atomic mass is 10.2. The van der Waals surface area contributed by atoms with Crippen molar-refractivity contribution < 1.29 is 0 Å². The molecule has 0 atom stereocenters. The van der Waals surface area contributed by atoms with Gasteiger partial charge in [-0.25, -0.2) is 9.97 Å². The summed E-state index contributed by atoms with van der Waals surface area (Å²) in [5.41, 5.74) is 1.82. The second-order valence-electron chi connectivity index (χ2n) is 3.25. The smallest absolute Gasteiger partial charge is 0.171 e. The molecule has 0 saturated heterocycles. The molecule has 1 N–H and O–H groups in total. The maximum atomic E-state index is 6.08. The highest BCUT2D eigenvalue weighted by Gasteiger charge is 2.07. The van der Waals surface area contributed by atoms with Crippen LogP contribution in [-0.4, -0.2) is 9.97 Å². The van der Waals surface area contributed by atoms with E-state index < -0.39 is 0 Å². The van der Waals surface area contributed by atoms with Gasteiger partial charge in [-0.15, -0.1) is 0 Å². The van der Waals surface area contributed by atoms with Gasteiger partial charge in [0.25, 0.3) is 0 Å². The van der Waals surface area contributed by atoms with Crippen LogP contribution >= 0.6 is 23.2 Å². The van der Waals surface area contributed by atoms with Gasteiger partial charge in [-0.2, -0.15) is 0 Å². The van der Waals surface area contributed by atoms with Crippen molar-refractivity contribution >= 4 is 34.7 Å². The number of nitrogens with zero attached hydrogens (tertiary/aromatic N) is 2. The quantitative estimate of drug-likeness (QED) is 0.884. The Hall–Kier alpha value is -1.32. The molecule has 0 radical (unpaired) electrons. The van der Waals surface area contributed by atoms with Gasteiger partial charge in [-0.3, -0.25) is 0 Å². The molecule has 0 aliphatic heterocycles. The van der Waals surface area contributed by atoms with Gasteiger partial charge in [0.2, 0.25) is 0 Å². The van der Waals surface area contributed by atoms with Crippen LogP contribution in [0.1, 0.15) is 5.56 Å². The summed E-state index contributed by atoms with van der Waals surface area (Å²) >= 11 is 12.0. The van der Waals surface area contributed by atoms with Gasteiger partial charge < -0.3 is 5.32 Å². The Morgan fingerprint density at radius 1 is 1.12 bits per heavy atom. The number of para-hydroxylation sites is 1. The van der Waals surface area contributed by atoms with E-state index in [1.165, 1.54) is 6.20 Å². The van der Waals surface area contributed by atoms with Crippen LogP contribution in [0.15, 0.2) is 30.6 Å². The van der Waals surface area contributed by atoms with Crippen LogP contribution in [0, 0.1) is 6.92 Å². The van der Waals surface area contributed by atoms with Gasteiger partial charge in [0.15, 0.2) is 11.0 Å². The van der Waals surface area contributed by atoms with E-state index in [4.69, 9.17) is 23.2 Å². The summed E-state index contributed by atoms with van der Waals surface area (Å²) < 4.78 is 0. The minimum atomic E-state index is 0.321. The molecule has 82 valence electrons. The molecule has 16 heavy (non-hydrogen) atoms. The largest absolute Gasteiger partial charge is 0.336 e. The lowest BCUT2D eigenvalue weighted by molar-refractivity contribution is 1.19. The highest BCUT2D eigenvalue weighted by Crippen LogP contribution is 2.29. The zero-order valence-corrected chi connectivity index (χ0v) is 10.0. The number of nitrogens with one attached hydrogen (secondary N) is 1. The fourth-order valence-electron chi connectivity index (χ4n) is 1.31. The average molecular weight is 254 g/mol. The number of aromatic nitrogens is 2. The molecule has 5 heteroatoms. The topological polar surface area (TPSA) is 37.8 Å². The normalized spacial score (nSPS) is 10.2. The summed E-state index contributed by atoms with van der Waals surface area (Å²) in [6, 6.07) is 5.65. The number of anilines is 2. The van der Waals surface area contributed by atoms with E-state index in [2.05, 4.69) is 15.3 Å². The van der Waals surface area contributed by atoms with Crippen molar-refractivity contribution in [3.63, 3.8) is 0 Å². The van der Waals surface area contributed by atoms with Gasteiger partial charge >= 0.3 is 0 Å². The first-order chi connectivity index (χ1) is 7.68. The maximum Gasteiger partial charge on any atom is 0.171 e. The monoisotopic (exact) mass is 253 g/mol. The summed E-state index contributed by atoms with van der Waals surface area (Å²) in [5.74, 6) is 0.500. The van der Waals surface area contributed by atoms with Crippen LogP contribution in [0.5, 0.6) is 0 Å². The summed E-state index contributed by atoms with van der Waals surface area (Å²) in [5, 5.41) is 4.02. The van der Waals surface area contributed by atoms with Crippen LogP contribution < -0.4 is 5.32 Å². The van der Waals surface area contributed by atoms with Gasteiger partial charge in [0.1, 0.15) is 0 Å². The van der Waals surface area contributed by atoms with Crippen molar-refractivity contribution in [3.8, 4) is 0 Å². The highest BCUT2D eigenvalue weighted by atomic mass is 35.5. The maximum absolute atomic E-state index is 6.08. The van der Waals surface area contributed by atoms with Crippen LogP contribution in [0.3, 0.4) is 0 Å². The SMILES string of the molecule is Cc1cccc(Cl)c1Nc1nccnc1Cl. The molecule has 0 aliphatic rings. The predicted molar refractivity (Wildman–Crippen MR) is 66.5 cm³/mol. The van der Waals surface area contributed by atoms with E-state index in [0.717, 1.165) is 11.3 Å². The Kier molecular flexibility index (Phi) is 3.27. The molecule has 0 amide bonds. The lowest BCUT2D eigenvalue weighted by Crippen LogP contribution is -1.98. The van der Waals surface area contributed by atoms with Crippen molar-refractivity contribution in [2.75, 3.05) is 5.32 Å². The van der Waals surface area contributed by atoms with E-state index in [-0.39, 0.29) is 0 Å². The minimum absolute atomic E-state index is 0.321. The van der Waals surface area contributed by atoms with Gasteiger partial charge in [-0.05, 0) is 18.6 Å². The van der Waals surface area contributed by atoms with Crippen molar-refractivity contribution in [2.45, 2.75) is 6.92 Å². The zero-order valence-electron chi connectivity index (χ0n) is 8.54. The highest BCUT2D eigenvalue weighted by molar-refractivity contribution is 6.34. The van der Waals surface area contributed by atoms with Gasteiger partial charge in [0.05, 0.1) is 10.7 Å². The summed E-state index contributed by atoms with van der Waals surface area (Å²) in [7, 11) is 0. The Bertz CT molecular complexity index is 494. The average Bonchev–Trinajstić information content (AvgIpc) is 2.26. The number of halogens is 2. The second kappa shape index (κ2) is 4.68. The fraction of sp³-hybridized carbons (Fsp3) is 0.0909. The predicted octanol–water partition coefficient (Wildman–Crippen LogP) is 3.84. The van der Waals surface area contributed by atoms with Crippen molar-refractivity contribution in [2.24, 2.45) is 0 Å². The van der Waals surface area contributed by atoms with Crippen LogP contribution in [0.25, 0.3) is 0 Å². The molecule has 3 nitrogen and oxygen atoms in total. The molecule has 1 heterocycles. The van der Waals surface area contributed by atoms with Crippen molar-refractivity contribution in [1.29, 1.82) is 0 Å². The Labute approximate surface area is 103 Å². The number of rotatable bonds is 2. The van der Waals surface area contributed by atoms with Crippen molar-refractivity contribution in [3.05, 3.63) is 46.3 Å². The lowest BCUT2D eigenvalue weighted by Gasteiger charge is -2.10. The van der Waals surface area contributed by atoms with Crippen LogP contribution in [0.4, 0.5) is 11.5 Å². The summed E-state index contributed by atoms with van der Waals surface area (Å²) in [6.07, 6.45) is 3.10. The molecular weight excluding hydrogens is 245 g/mol. The Balaban J connectivity index is 2.38. The van der Waals surface area contributed by atoms with Gasteiger partial charge in [-0.1, -0.05) is 35.3 Å². The van der Waals surface area contributed by atoms with E-state index in [1.54, 1.807) is 12.3 Å². The first-order valence-corrected chi connectivity index (χ1v) is 5.42. The third kappa shape index (κ3) is 2.26. The Morgan fingerprint density at radius 2 is 1.88 bits per heavy atom. The van der Waals surface area contributed by atoms with E-state index >= 15 is 0 Å². The molecule has 2 aromatic rings. The van der Waals surface area contributed by atoms with E-state index in [0.29, 0.717) is 16.0 Å². The second-order valence-corrected chi connectivity index (χ2v) is 4.02. The molecule has 2 rings (SSSR count). The molecule has 0 unspecified atom stereocenters. The number of aryl methyl sites for hydroxylation is 1. The minimum Gasteiger partial charge on any atom is -0.336 e. The Morgan fingerprint density at radius 3 is 2.56 bits per heavy atom.